The number of pyridine rings is 1. The van der Waals surface area contributed by atoms with Crippen LogP contribution < -0.4 is 16.0 Å². The Morgan fingerprint density at radius 2 is 2.21 bits per heavy atom. The molecule has 0 saturated carbocycles. The lowest BCUT2D eigenvalue weighted by atomic mass is 10.2. The Kier molecular flexibility index (Phi) is 4.48. The van der Waals surface area contributed by atoms with Gasteiger partial charge in [0.15, 0.2) is 0 Å². The average Bonchev–Trinajstić information content (AvgIpc) is 2.92. The van der Waals surface area contributed by atoms with Gasteiger partial charge in [0, 0.05) is 18.8 Å². The highest BCUT2D eigenvalue weighted by Gasteiger charge is 2.14. The SMILES string of the molecule is NNc1cc(S(=O)(=O)NCCc2ccsc2)ccn1. The Morgan fingerprint density at radius 3 is 2.89 bits per heavy atom. The monoisotopic (exact) mass is 298 g/mol. The average molecular weight is 298 g/mol. The Bertz CT molecular complexity index is 626. The fraction of sp³-hybridized carbons (Fsp3) is 0.182. The Hall–Kier alpha value is -1.48. The highest BCUT2D eigenvalue weighted by atomic mass is 32.2. The van der Waals surface area contributed by atoms with Gasteiger partial charge in [0.05, 0.1) is 4.90 Å². The molecule has 0 spiro atoms. The van der Waals surface area contributed by atoms with E-state index >= 15 is 0 Å². The molecule has 2 aromatic rings. The van der Waals surface area contributed by atoms with Gasteiger partial charge >= 0.3 is 0 Å². The molecule has 0 aliphatic carbocycles. The zero-order valence-electron chi connectivity index (χ0n) is 10.0. The van der Waals surface area contributed by atoms with Crippen molar-refractivity contribution in [1.29, 1.82) is 0 Å². The molecule has 0 amide bonds. The molecule has 2 aromatic heterocycles. The van der Waals surface area contributed by atoms with E-state index in [1.165, 1.54) is 18.3 Å². The molecule has 0 fully saturated rings. The number of hydrogen-bond acceptors (Lipinski definition) is 6. The van der Waals surface area contributed by atoms with Crippen LogP contribution in [-0.4, -0.2) is 19.9 Å². The van der Waals surface area contributed by atoms with Crippen molar-refractivity contribution < 1.29 is 8.42 Å². The van der Waals surface area contributed by atoms with Crippen molar-refractivity contribution >= 4 is 27.2 Å². The minimum atomic E-state index is -3.53. The summed E-state index contributed by atoms with van der Waals surface area (Å²) in [7, 11) is -3.53. The third-order valence-electron chi connectivity index (χ3n) is 2.48. The number of nitrogens with two attached hydrogens (primary N) is 1. The van der Waals surface area contributed by atoms with E-state index in [2.05, 4.69) is 15.1 Å². The summed E-state index contributed by atoms with van der Waals surface area (Å²) < 4.78 is 26.6. The predicted molar refractivity (Wildman–Crippen MR) is 75.3 cm³/mol. The lowest BCUT2D eigenvalue weighted by Gasteiger charge is -2.07. The fourth-order valence-electron chi connectivity index (χ4n) is 1.51. The number of rotatable bonds is 6. The van der Waals surface area contributed by atoms with Gasteiger partial charge in [-0.3, -0.25) is 0 Å². The highest BCUT2D eigenvalue weighted by molar-refractivity contribution is 7.89. The van der Waals surface area contributed by atoms with E-state index in [0.29, 0.717) is 18.8 Å². The van der Waals surface area contributed by atoms with Crippen LogP contribution in [0.3, 0.4) is 0 Å². The molecular weight excluding hydrogens is 284 g/mol. The summed E-state index contributed by atoms with van der Waals surface area (Å²) >= 11 is 1.59. The zero-order chi connectivity index (χ0) is 13.7. The molecule has 6 nitrogen and oxygen atoms in total. The number of hydrazine groups is 1. The minimum Gasteiger partial charge on any atom is -0.308 e. The van der Waals surface area contributed by atoms with E-state index in [9.17, 15) is 8.42 Å². The van der Waals surface area contributed by atoms with E-state index in [-0.39, 0.29) is 4.90 Å². The molecule has 0 bridgehead atoms. The van der Waals surface area contributed by atoms with E-state index in [1.807, 2.05) is 16.8 Å². The van der Waals surface area contributed by atoms with Crippen LogP contribution >= 0.6 is 11.3 Å². The number of sulfonamides is 1. The molecule has 8 heteroatoms. The summed E-state index contributed by atoms with van der Waals surface area (Å²) in [5.41, 5.74) is 3.43. The van der Waals surface area contributed by atoms with E-state index in [0.717, 1.165) is 5.56 Å². The van der Waals surface area contributed by atoms with Crippen molar-refractivity contribution in [2.24, 2.45) is 5.84 Å². The molecular formula is C11H14N4O2S2. The first kappa shape index (κ1) is 13.9. The lowest BCUT2D eigenvalue weighted by molar-refractivity contribution is 0.581. The normalized spacial score (nSPS) is 11.4. The number of nitrogens with one attached hydrogen (secondary N) is 2. The van der Waals surface area contributed by atoms with Gasteiger partial charge in [-0.15, -0.1) is 0 Å². The Labute approximate surface area is 115 Å². The van der Waals surface area contributed by atoms with Crippen molar-refractivity contribution in [2.45, 2.75) is 11.3 Å². The Morgan fingerprint density at radius 1 is 1.37 bits per heavy atom. The van der Waals surface area contributed by atoms with E-state index in [1.54, 1.807) is 11.3 Å². The molecule has 0 unspecified atom stereocenters. The van der Waals surface area contributed by atoms with Gasteiger partial charge in [-0.05, 0) is 34.9 Å². The quantitative estimate of drug-likeness (QED) is 0.545. The number of thiophene rings is 1. The summed E-state index contributed by atoms with van der Waals surface area (Å²) in [6.07, 6.45) is 2.05. The predicted octanol–water partition coefficient (Wildman–Crippen LogP) is 0.950. The largest absolute Gasteiger partial charge is 0.308 e. The molecule has 102 valence electrons. The summed E-state index contributed by atoms with van der Waals surface area (Å²) in [6, 6.07) is 4.78. The van der Waals surface area contributed by atoms with E-state index in [4.69, 9.17) is 5.84 Å². The molecule has 2 heterocycles. The molecule has 4 N–H and O–H groups in total. The Balaban J connectivity index is 2.01. The van der Waals surface area contributed by atoms with Gasteiger partial charge in [-0.1, -0.05) is 0 Å². The van der Waals surface area contributed by atoms with Gasteiger partial charge in [-0.25, -0.2) is 24.0 Å². The van der Waals surface area contributed by atoms with Crippen LogP contribution in [-0.2, 0) is 16.4 Å². The number of hydrogen-bond donors (Lipinski definition) is 3. The minimum absolute atomic E-state index is 0.140. The van der Waals surface area contributed by atoms with Crippen LogP contribution in [0, 0.1) is 0 Å². The number of anilines is 1. The van der Waals surface area contributed by atoms with Gasteiger partial charge in [0.25, 0.3) is 0 Å². The smallest absolute Gasteiger partial charge is 0.240 e. The number of nitrogens with zero attached hydrogens (tertiary/aromatic N) is 1. The second-order valence-corrected chi connectivity index (χ2v) is 6.35. The first-order chi connectivity index (χ1) is 9.12. The second kappa shape index (κ2) is 6.11. The second-order valence-electron chi connectivity index (χ2n) is 3.80. The first-order valence-corrected chi connectivity index (χ1v) is 7.98. The van der Waals surface area contributed by atoms with Crippen molar-refractivity contribution in [2.75, 3.05) is 12.0 Å². The van der Waals surface area contributed by atoms with Gasteiger partial charge < -0.3 is 5.43 Å². The number of nitrogen functional groups attached to an aromatic ring is 1. The van der Waals surface area contributed by atoms with Crippen molar-refractivity contribution in [3.63, 3.8) is 0 Å². The molecule has 0 saturated heterocycles. The topological polar surface area (TPSA) is 97.1 Å². The van der Waals surface area contributed by atoms with Crippen LogP contribution in [0.1, 0.15) is 5.56 Å². The van der Waals surface area contributed by atoms with E-state index < -0.39 is 10.0 Å². The highest BCUT2D eigenvalue weighted by Crippen LogP contribution is 2.12. The standard InChI is InChI=1S/C11H14N4O2S2/c12-15-11-7-10(2-4-13-11)19(16,17)14-5-1-9-3-6-18-8-9/h2-4,6-8,14H,1,5,12H2,(H,13,15). The molecule has 0 radical (unpaired) electrons. The van der Waals surface area contributed by atoms with Crippen LogP contribution in [0.15, 0.2) is 40.1 Å². The first-order valence-electron chi connectivity index (χ1n) is 5.55. The van der Waals surface area contributed by atoms with Gasteiger partial charge in [0.2, 0.25) is 10.0 Å². The fourth-order valence-corrected chi connectivity index (χ4v) is 3.25. The maximum Gasteiger partial charge on any atom is 0.240 e. The van der Waals surface area contributed by atoms with Crippen LogP contribution in [0.4, 0.5) is 5.82 Å². The zero-order valence-corrected chi connectivity index (χ0v) is 11.7. The van der Waals surface area contributed by atoms with Gasteiger partial charge in [0.1, 0.15) is 5.82 Å². The van der Waals surface area contributed by atoms with Gasteiger partial charge in [-0.2, -0.15) is 11.3 Å². The third-order valence-corrected chi connectivity index (χ3v) is 4.67. The summed E-state index contributed by atoms with van der Waals surface area (Å²) in [5, 5.41) is 3.96. The van der Waals surface area contributed by atoms with Crippen molar-refractivity contribution in [3.8, 4) is 0 Å². The summed E-state index contributed by atoms with van der Waals surface area (Å²) in [4.78, 5) is 4.00. The summed E-state index contributed by atoms with van der Waals surface area (Å²) in [6.45, 7) is 0.354. The van der Waals surface area contributed by atoms with Crippen molar-refractivity contribution in [3.05, 3.63) is 40.7 Å². The van der Waals surface area contributed by atoms with Crippen LogP contribution in [0.2, 0.25) is 0 Å². The molecule has 0 aliphatic heterocycles. The molecule has 19 heavy (non-hydrogen) atoms. The molecule has 0 atom stereocenters. The lowest BCUT2D eigenvalue weighted by Crippen LogP contribution is -2.26. The maximum absolute atomic E-state index is 12.0. The number of aromatic nitrogens is 1. The molecule has 0 aliphatic rings. The molecule has 2 rings (SSSR count). The van der Waals surface area contributed by atoms with Crippen LogP contribution in [0.5, 0.6) is 0 Å². The summed E-state index contributed by atoms with van der Waals surface area (Å²) in [5.74, 6) is 5.51. The maximum atomic E-state index is 12.0. The molecule has 0 aromatic carbocycles. The van der Waals surface area contributed by atoms with Crippen LogP contribution in [0.25, 0.3) is 0 Å². The third kappa shape index (κ3) is 3.74. The van der Waals surface area contributed by atoms with Crippen molar-refractivity contribution in [1.82, 2.24) is 9.71 Å².